The minimum absolute atomic E-state index is 0.241. The third-order valence-corrected chi connectivity index (χ3v) is 3.46. The first-order valence-corrected chi connectivity index (χ1v) is 6.18. The summed E-state index contributed by atoms with van der Waals surface area (Å²) in [5, 5.41) is 20.6. The molecule has 1 aliphatic carbocycles. The molecule has 5 heteroatoms. The predicted octanol–water partition coefficient (Wildman–Crippen LogP) is 1.40. The van der Waals surface area contributed by atoms with Gasteiger partial charge < -0.3 is 10.4 Å². The Kier molecular flexibility index (Phi) is 4.33. The quantitative estimate of drug-likeness (QED) is 0.791. The molecular weight excluding hydrogens is 232 g/mol. The van der Waals surface area contributed by atoms with Crippen LogP contribution in [-0.4, -0.2) is 23.5 Å². The number of rotatable bonds is 4. The van der Waals surface area contributed by atoms with Crippen LogP contribution in [0.25, 0.3) is 0 Å². The van der Waals surface area contributed by atoms with E-state index in [1.54, 1.807) is 13.8 Å². The summed E-state index contributed by atoms with van der Waals surface area (Å²) >= 11 is 0. The SMILES string of the molecule is CC1C[C@H](C(=O)NCC(C)(C)C#N)[C@H](C(=O)O)C1. The second-order valence-electron chi connectivity index (χ2n) is 5.84. The van der Waals surface area contributed by atoms with E-state index in [0.717, 1.165) is 0 Å². The summed E-state index contributed by atoms with van der Waals surface area (Å²) in [5.74, 6) is -1.95. The molecule has 1 amide bonds. The Bertz CT molecular complexity index is 384. The van der Waals surface area contributed by atoms with Crippen LogP contribution in [0, 0.1) is 34.5 Å². The van der Waals surface area contributed by atoms with Crippen LogP contribution in [0.3, 0.4) is 0 Å². The third kappa shape index (κ3) is 3.46. The number of carboxylic acids is 1. The fourth-order valence-electron chi connectivity index (χ4n) is 2.33. The summed E-state index contributed by atoms with van der Waals surface area (Å²) < 4.78 is 0. The maximum Gasteiger partial charge on any atom is 0.307 e. The van der Waals surface area contributed by atoms with Crippen LogP contribution < -0.4 is 5.32 Å². The van der Waals surface area contributed by atoms with Gasteiger partial charge in [-0.3, -0.25) is 9.59 Å². The van der Waals surface area contributed by atoms with Crippen molar-refractivity contribution in [2.75, 3.05) is 6.54 Å². The lowest BCUT2D eigenvalue weighted by Crippen LogP contribution is -2.39. The normalized spacial score (nSPS) is 27.6. The lowest BCUT2D eigenvalue weighted by Gasteiger charge is -2.20. The van der Waals surface area contributed by atoms with Crippen molar-refractivity contribution in [3.63, 3.8) is 0 Å². The summed E-state index contributed by atoms with van der Waals surface area (Å²) in [4.78, 5) is 23.1. The molecule has 0 radical (unpaired) electrons. The molecule has 0 saturated heterocycles. The van der Waals surface area contributed by atoms with E-state index in [4.69, 9.17) is 10.4 Å². The highest BCUT2D eigenvalue weighted by Crippen LogP contribution is 2.36. The van der Waals surface area contributed by atoms with Gasteiger partial charge in [0.05, 0.1) is 23.3 Å². The Morgan fingerprint density at radius 2 is 1.94 bits per heavy atom. The lowest BCUT2D eigenvalue weighted by molar-refractivity contribution is -0.146. The van der Waals surface area contributed by atoms with Crippen molar-refractivity contribution in [3.8, 4) is 6.07 Å². The minimum atomic E-state index is -0.904. The van der Waals surface area contributed by atoms with E-state index in [2.05, 4.69) is 11.4 Å². The van der Waals surface area contributed by atoms with E-state index in [0.29, 0.717) is 12.8 Å². The van der Waals surface area contributed by atoms with Gasteiger partial charge in [0.15, 0.2) is 0 Å². The van der Waals surface area contributed by atoms with E-state index in [9.17, 15) is 9.59 Å². The van der Waals surface area contributed by atoms with Crippen LogP contribution in [0.4, 0.5) is 0 Å². The average Bonchev–Trinajstić information content (AvgIpc) is 2.68. The number of carbonyl (C=O) groups excluding carboxylic acids is 1. The zero-order valence-electron chi connectivity index (χ0n) is 11.1. The number of nitrogens with zero attached hydrogens (tertiary/aromatic N) is 1. The Morgan fingerprint density at radius 3 is 2.44 bits per heavy atom. The van der Waals surface area contributed by atoms with Crippen molar-refractivity contribution in [2.45, 2.75) is 33.6 Å². The van der Waals surface area contributed by atoms with Gasteiger partial charge in [-0.15, -0.1) is 0 Å². The van der Waals surface area contributed by atoms with Crippen LogP contribution in [-0.2, 0) is 9.59 Å². The van der Waals surface area contributed by atoms with Crippen LogP contribution in [0.1, 0.15) is 33.6 Å². The highest BCUT2D eigenvalue weighted by molar-refractivity contribution is 5.85. The summed E-state index contributed by atoms with van der Waals surface area (Å²) in [7, 11) is 0. The first kappa shape index (κ1) is 14.5. The molecule has 1 aliphatic rings. The second-order valence-corrected chi connectivity index (χ2v) is 5.84. The fraction of sp³-hybridized carbons (Fsp3) is 0.769. The Morgan fingerprint density at radius 1 is 1.39 bits per heavy atom. The maximum absolute atomic E-state index is 12.0. The number of carboxylic acid groups (broad SMARTS) is 1. The maximum atomic E-state index is 12.0. The molecule has 0 aromatic heterocycles. The number of carbonyl (C=O) groups is 2. The minimum Gasteiger partial charge on any atom is -0.481 e. The summed E-state index contributed by atoms with van der Waals surface area (Å²) in [6, 6.07) is 2.10. The van der Waals surface area contributed by atoms with Crippen LogP contribution in [0.5, 0.6) is 0 Å². The van der Waals surface area contributed by atoms with Gasteiger partial charge in [0.1, 0.15) is 0 Å². The molecule has 18 heavy (non-hydrogen) atoms. The van der Waals surface area contributed by atoms with Gasteiger partial charge in [-0.1, -0.05) is 6.92 Å². The average molecular weight is 252 g/mol. The number of hydrogen-bond acceptors (Lipinski definition) is 3. The molecule has 0 bridgehead atoms. The monoisotopic (exact) mass is 252 g/mol. The summed E-state index contributed by atoms with van der Waals surface area (Å²) in [6.07, 6.45) is 1.16. The van der Waals surface area contributed by atoms with Crippen molar-refractivity contribution in [1.82, 2.24) is 5.32 Å². The van der Waals surface area contributed by atoms with E-state index >= 15 is 0 Å². The topological polar surface area (TPSA) is 90.2 Å². The van der Waals surface area contributed by atoms with Gasteiger partial charge in [0, 0.05) is 6.54 Å². The number of nitriles is 1. The first-order chi connectivity index (χ1) is 8.26. The molecule has 1 unspecified atom stereocenters. The first-order valence-electron chi connectivity index (χ1n) is 6.18. The van der Waals surface area contributed by atoms with E-state index in [1.165, 1.54) is 0 Å². The van der Waals surface area contributed by atoms with Crippen molar-refractivity contribution >= 4 is 11.9 Å². The summed E-state index contributed by atoms with van der Waals surface area (Å²) in [5.41, 5.74) is -0.626. The molecule has 2 N–H and O–H groups in total. The van der Waals surface area contributed by atoms with Crippen molar-refractivity contribution in [2.24, 2.45) is 23.2 Å². The number of hydrogen-bond donors (Lipinski definition) is 2. The largest absolute Gasteiger partial charge is 0.481 e. The molecule has 0 spiro atoms. The molecule has 1 saturated carbocycles. The highest BCUT2D eigenvalue weighted by atomic mass is 16.4. The third-order valence-electron chi connectivity index (χ3n) is 3.46. The molecule has 0 heterocycles. The van der Waals surface area contributed by atoms with Gasteiger partial charge in [-0.2, -0.15) is 5.26 Å². The van der Waals surface area contributed by atoms with Crippen LogP contribution >= 0.6 is 0 Å². The second kappa shape index (κ2) is 5.38. The van der Waals surface area contributed by atoms with E-state index in [1.807, 2.05) is 6.92 Å². The Labute approximate surface area is 107 Å². The molecular formula is C13H20N2O3. The van der Waals surface area contributed by atoms with Crippen molar-refractivity contribution < 1.29 is 14.7 Å². The van der Waals surface area contributed by atoms with Gasteiger partial charge >= 0.3 is 5.97 Å². The standard InChI is InChI=1S/C13H20N2O3/c1-8-4-9(10(5-8)12(17)18)11(16)15-7-13(2,3)6-14/h8-10H,4-5,7H2,1-3H3,(H,15,16)(H,17,18)/t8?,9-,10+/m0/s1. The highest BCUT2D eigenvalue weighted by Gasteiger charge is 2.41. The predicted molar refractivity (Wildman–Crippen MR) is 65.4 cm³/mol. The van der Waals surface area contributed by atoms with Crippen molar-refractivity contribution in [3.05, 3.63) is 0 Å². The molecule has 100 valence electrons. The Balaban J connectivity index is 2.61. The molecule has 3 atom stereocenters. The van der Waals surface area contributed by atoms with Gasteiger partial charge in [0.25, 0.3) is 0 Å². The smallest absolute Gasteiger partial charge is 0.307 e. The summed E-state index contributed by atoms with van der Waals surface area (Å²) in [6.45, 7) is 5.68. The molecule has 1 rings (SSSR count). The molecule has 1 fully saturated rings. The van der Waals surface area contributed by atoms with Crippen LogP contribution in [0.2, 0.25) is 0 Å². The van der Waals surface area contributed by atoms with Gasteiger partial charge in [-0.25, -0.2) is 0 Å². The number of nitrogens with one attached hydrogen (secondary N) is 1. The van der Waals surface area contributed by atoms with Crippen molar-refractivity contribution in [1.29, 1.82) is 5.26 Å². The van der Waals surface area contributed by atoms with E-state index < -0.39 is 23.2 Å². The zero-order valence-corrected chi connectivity index (χ0v) is 11.1. The lowest BCUT2D eigenvalue weighted by atomic mass is 9.93. The molecule has 0 aliphatic heterocycles. The number of amides is 1. The zero-order chi connectivity index (χ0) is 13.9. The van der Waals surface area contributed by atoms with E-state index in [-0.39, 0.29) is 18.4 Å². The molecule has 5 nitrogen and oxygen atoms in total. The molecule has 0 aromatic carbocycles. The molecule has 0 aromatic rings. The Hall–Kier alpha value is -1.57. The van der Waals surface area contributed by atoms with Crippen LogP contribution in [0.15, 0.2) is 0 Å². The van der Waals surface area contributed by atoms with Gasteiger partial charge in [-0.05, 0) is 32.6 Å². The fourth-order valence-corrected chi connectivity index (χ4v) is 2.33. The van der Waals surface area contributed by atoms with Gasteiger partial charge in [0.2, 0.25) is 5.91 Å². The number of aliphatic carboxylic acids is 1.